The summed E-state index contributed by atoms with van der Waals surface area (Å²) in [7, 11) is 0. The fourth-order valence-electron chi connectivity index (χ4n) is 2.59. The van der Waals surface area contributed by atoms with Crippen molar-refractivity contribution >= 4 is 5.69 Å². The fourth-order valence-corrected chi connectivity index (χ4v) is 2.59. The van der Waals surface area contributed by atoms with Crippen LogP contribution in [0, 0.1) is 6.92 Å². The van der Waals surface area contributed by atoms with Crippen LogP contribution in [-0.4, -0.2) is 24.4 Å². The highest BCUT2D eigenvalue weighted by Gasteiger charge is 2.25. The summed E-state index contributed by atoms with van der Waals surface area (Å²) < 4.78 is 5.84. The number of aliphatic hydroxyl groups excluding tert-OH is 1. The van der Waals surface area contributed by atoms with Crippen molar-refractivity contribution in [3.63, 3.8) is 0 Å². The molecular weight excluding hydrogens is 250 g/mol. The molecule has 0 saturated heterocycles. The Morgan fingerprint density at radius 2 is 2.00 bits per heavy atom. The van der Waals surface area contributed by atoms with E-state index in [9.17, 15) is 5.11 Å². The number of benzene rings is 2. The van der Waals surface area contributed by atoms with Crippen LogP contribution in [0.4, 0.5) is 5.69 Å². The van der Waals surface area contributed by atoms with E-state index in [2.05, 4.69) is 41.3 Å². The molecule has 0 aliphatic carbocycles. The first kappa shape index (κ1) is 13.0. The van der Waals surface area contributed by atoms with Crippen molar-refractivity contribution < 1.29 is 9.84 Å². The average molecular weight is 269 g/mol. The SMILES string of the molecule is Cc1ccc2c(c1)O[C@@H](CO)CN2Cc1ccccc1. The first-order valence-corrected chi connectivity index (χ1v) is 6.93. The van der Waals surface area contributed by atoms with Crippen LogP contribution in [0.25, 0.3) is 0 Å². The summed E-state index contributed by atoms with van der Waals surface area (Å²) in [5, 5.41) is 9.42. The second kappa shape index (κ2) is 5.55. The molecule has 0 fully saturated rings. The Balaban J connectivity index is 1.90. The van der Waals surface area contributed by atoms with E-state index in [4.69, 9.17) is 4.74 Å². The third-order valence-corrected chi connectivity index (χ3v) is 3.59. The van der Waals surface area contributed by atoms with Gasteiger partial charge in [-0.3, -0.25) is 0 Å². The number of rotatable bonds is 3. The maximum absolute atomic E-state index is 9.42. The summed E-state index contributed by atoms with van der Waals surface area (Å²) in [5.74, 6) is 0.867. The van der Waals surface area contributed by atoms with Gasteiger partial charge in [0.25, 0.3) is 0 Å². The minimum Gasteiger partial charge on any atom is -0.484 e. The van der Waals surface area contributed by atoms with Gasteiger partial charge < -0.3 is 14.7 Å². The normalized spacial score (nSPS) is 17.5. The molecule has 2 aromatic rings. The Morgan fingerprint density at radius 3 is 2.75 bits per heavy atom. The van der Waals surface area contributed by atoms with E-state index < -0.39 is 0 Å². The van der Waals surface area contributed by atoms with E-state index in [1.807, 2.05) is 19.1 Å². The van der Waals surface area contributed by atoms with Gasteiger partial charge in [-0.15, -0.1) is 0 Å². The van der Waals surface area contributed by atoms with Crippen LogP contribution >= 0.6 is 0 Å². The van der Waals surface area contributed by atoms with Gasteiger partial charge >= 0.3 is 0 Å². The summed E-state index contributed by atoms with van der Waals surface area (Å²) >= 11 is 0. The molecule has 1 N–H and O–H groups in total. The van der Waals surface area contributed by atoms with Crippen LogP contribution < -0.4 is 9.64 Å². The lowest BCUT2D eigenvalue weighted by atomic mass is 10.1. The average Bonchev–Trinajstić information content (AvgIpc) is 2.47. The van der Waals surface area contributed by atoms with Crippen LogP contribution in [0.1, 0.15) is 11.1 Å². The van der Waals surface area contributed by atoms with Crippen molar-refractivity contribution in [2.45, 2.75) is 19.6 Å². The fraction of sp³-hybridized carbons (Fsp3) is 0.294. The van der Waals surface area contributed by atoms with Gasteiger partial charge in [0, 0.05) is 6.54 Å². The number of aliphatic hydroxyl groups is 1. The summed E-state index contributed by atoms with van der Waals surface area (Å²) in [6, 6.07) is 16.6. The smallest absolute Gasteiger partial charge is 0.143 e. The lowest BCUT2D eigenvalue weighted by molar-refractivity contribution is 0.112. The summed E-state index contributed by atoms with van der Waals surface area (Å²) in [4.78, 5) is 2.27. The molecule has 20 heavy (non-hydrogen) atoms. The summed E-state index contributed by atoms with van der Waals surface area (Å²) in [5.41, 5.74) is 3.53. The third-order valence-electron chi connectivity index (χ3n) is 3.59. The zero-order valence-electron chi connectivity index (χ0n) is 11.6. The zero-order chi connectivity index (χ0) is 13.9. The Morgan fingerprint density at radius 1 is 1.20 bits per heavy atom. The standard InChI is InChI=1S/C17H19NO2/c1-13-7-8-16-17(9-13)20-15(12-19)11-18(16)10-14-5-3-2-4-6-14/h2-9,15,19H,10-12H2,1H3/t15-/m1/s1. The molecule has 1 atom stereocenters. The highest BCUT2D eigenvalue weighted by atomic mass is 16.5. The van der Waals surface area contributed by atoms with Crippen molar-refractivity contribution in [1.82, 2.24) is 0 Å². The van der Waals surface area contributed by atoms with Crippen molar-refractivity contribution in [3.8, 4) is 5.75 Å². The van der Waals surface area contributed by atoms with E-state index in [0.717, 1.165) is 18.0 Å². The maximum Gasteiger partial charge on any atom is 0.143 e. The molecule has 0 bridgehead atoms. The molecule has 1 aliphatic heterocycles. The second-order valence-corrected chi connectivity index (χ2v) is 5.26. The molecular formula is C17H19NO2. The van der Waals surface area contributed by atoms with Gasteiger partial charge in [0.1, 0.15) is 11.9 Å². The quantitative estimate of drug-likeness (QED) is 0.930. The minimum absolute atomic E-state index is 0.0403. The number of fused-ring (bicyclic) bond motifs is 1. The van der Waals surface area contributed by atoms with Crippen LogP contribution in [-0.2, 0) is 6.54 Å². The van der Waals surface area contributed by atoms with Gasteiger partial charge in [0.05, 0.1) is 18.8 Å². The largest absolute Gasteiger partial charge is 0.484 e. The molecule has 0 radical (unpaired) electrons. The van der Waals surface area contributed by atoms with Gasteiger partial charge in [-0.2, -0.15) is 0 Å². The lowest BCUT2D eigenvalue weighted by Crippen LogP contribution is -2.41. The topological polar surface area (TPSA) is 32.7 Å². The van der Waals surface area contributed by atoms with E-state index >= 15 is 0 Å². The lowest BCUT2D eigenvalue weighted by Gasteiger charge is -2.36. The van der Waals surface area contributed by atoms with E-state index in [1.54, 1.807) is 0 Å². The monoisotopic (exact) mass is 269 g/mol. The predicted octanol–water partition coefficient (Wildman–Crippen LogP) is 2.75. The Labute approximate surface area is 119 Å². The highest BCUT2D eigenvalue weighted by Crippen LogP contribution is 2.35. The van der Waals surface area contributed by atoms with E-state index in [-0.39, 0.29) is 12.7 Å². The van der Waals surface area contributed by atoms with Gasteiger partial charge in [-0.25, -0.2) is 0 Å². The number of hydrogen-bond donors (Lipinski definition) is 1. The molecule has 0 aromatic heterocycles. The van der Waals surface area contributed by atoms with Crippen molar-refractivity contribution in [3.05, 3.63) is 59.7 Å². The summed E-state index contributed by atoms with van der Waals surface area (Å²) in [6.45, 7) is 3.63. The van der Waals surface area contributed by atoms with E-state index in [0.29, 0.717) is 6.54 Å². The number of anilines is 1. The summed E-state index contributed by atoms with van der Waals surface area (Å²) in [6.07, 6.45) is -0.159. The third kappa shape index (κ3) is 2.63. The van der Waals surface area contributed by atoms with Crippen LogP contribution in [0.3, 0.4) is 0 Å². The maximum atomic E-state index is 9.42. The Kier molecular flexibility index (Phi) is 3.61. The second-order valence-electron chi connectivity index (χ2n) is 5.26. The van der Waals surface area contributed by atoms with Gasteiger partial charge in [-0.1, -0.05) is 36.4 Å². The first-order valence-electron chi connectivity index (χ1n) is 6.93. The Bertz CT molecular complexity index is 583. The van der Waals surface area contributed by atoms with Crippen molar-refractivity contribution in [2.24, 2.45) is 0 Å². The van der Waals surface area contributed by atoms with Gasteiger partial charge in [0.2, 0.25) is 0 Å². The molecule has 0 amide bonds. The number of nitrogens with zero attached hydrogens (tertiary/aromatic N) is 1. The molecule has 3 nitrogen and oxygen atoms in total. The Hall–Kier alpha value is -2.00. The van der Waals surface area contributed by atoms with Gasteiger partial charge in [-0.05, 0) is 30.2 Å². The molecule has 3 rings (SSSR count). The van der Waals surface area contributed by atoms with E-state index in [1.165, 1.54) is 11.1 Å². The van der Waals surface area contributed by atoms with Gasteiger partial charge in [0.15, 0.2) is 0 Å². The molecule has 1 aliphatic rings. The van der Waals surface area contributed by atoms with Crippen LogP contribution in [0.5, 0.6) is 5.75 Å². The molecule has 3 heteroatoms. The molecule has 0 unspecified atom stereocenters. The zero-order valence-corrected chi connectivity index (χ0v) is 11.6. The van der Waals surface area contributed by atoms with Crippen LogP contribution in [0.2, 0.25) is 0 Å². The highest BCUT2D eigenvalue weighted by molar-refractivity contribution is 5.61. The number of hydrogen-bond acceptors (Lipinski definition) is 3. The molecule has 0 saturated carbocycles. The van der Waals surface area contributed by atoms with Crippen molar-refractivity contribution in [2.75, 3.05) is 18.1 Å². The molecule has 2 aromatic carbocycles. The molecule has 1 heterocycles. The predicted molar refractivity (Wildman–Crippen MR) is 80.2 cm³/mol. The molecule has 0 spiro atoms. The van der Waals surface area contributed by atoms with Crippen molar-refractivity contribution in [1.29, 1.82) is 0 Å². The molecule has 104 valence electrons. The number of ether oxygens (including phenoxy) is 1. The van der Waals surface area contributed by atoms with Crippen LogP contribution in [0.15, 0.2) is 48.5 Å². The minimum atomic E-state index is -0.159. The number of aryl methyl sites for hydroxylation is 1. The first-order chi connectivity index (χ1) is 9.76.